The smallest absolute Gasteiger partial charge is 0.127 e. The van der Waals surface area contributed by atoms with Gasteiger partial charge < -0.3 is 14.8 Å². The zero-order chi connectivity index (χ0) is 13.7. The van der Waals surface area contributed by atoms with Gasteiger partial charge in [-0.1, -0.05) is 13.3 Å². The lowest BCUT2D eigenvalue weighted by atomic mass is 9.92. The van der Waals surface area contributed by atoms with Gasteiger partial charge in [0.2, 0.25) is 0 Å². The second kappa shape index (κ2) is 6.35. The molecule has 1 aliphatic heterocycles. The van der Waals surface area contributed by atoms with Crippen molar-refractivity contribution in [2.75, 3.05) is 20.3 Å². The van der Waals surface area contributed by atoms with Gasteiger partial charge >= 0.3 is 0 Å². The van der Waals surface area contributed by atoms with Crippen LogP contribution in [-0.2, 0) is 11.3 Å². The van der Waals surface area contributed by atoms with Gasteiger partial charge in [0.15, 0.2) is 0 Å². The van der Waals surface area contributed by atoms with E-state index >= 15 is 0 Å². The van der Waals surface area contributed by atoms with Crippen molar-refractivity contribution >= 4 is 0 Å². The van der Waals surface area contributed by atoms with Crippen LogP contribution in [0.3, 0.4) is 0 Å². The molecular formula is C15H22FNO2. The highest BCUT2D eigenvalue weighted by molar-refractivity contribution is 5.29. The second-order valence-electron chi connectivity index (χ2n) is 5.14. The van der Waals surface area contributed by atoms with E-state index in [1.165, 1.54) is 6.07 Å². The van der Waals surface area contributed by atoms with Crippen molar-refractivity contribution in [3.63, 3.8) is 0 Å². The zero-order valence-electron chi connectivity index (χ0n) is 11.7. The normalized spacial score (nSPS) is 22.7. The number of ether oxygens (including phenoxy) is 2. The van der Waals surface area contributed by atoms with Crippen LogP contribution in [0.2, 0.25) is 0 Å². The first-order valence-electron chi connectivity index (χ1n) is 6.84. The molecule has 1 N–H and O–H groups in total. The molecule has 1 unspecified atom stereocenters. The lowest BCUT2D eigenvalue weighted by Crippen LogP contribution is -2.45. The molecule has 0 aromatic heterocycles. The number of rotatable bonds is 6. The van der Waals surface area contributed by atoms with E-state index in [9.17, 15) is 4.39 Å². The maximum absolute atomic E-state index is 13.8. The Labute approximate surface area is 114 Å². The first-order valence-corrected chi connectivity index (χ1v) is 6.84. The molecule has 1 atom stereocenters. The van der Waals surface area contributed by atoms with Crippen LogP contribution in [0.5, 0.6) is 5.75 Å². The molecule has 0 bridgehead atoms. The van der Waals surface area contributed by atoms with Crippen LogP contribution in [0, 0.1) is 5.82 Å². The lowest BCUT2D eigenvalue weighted by molar-refractivity contribution is 0.161. The highest BCUT2D eigenvalue weighted by atomic mass is 19.1. The van der Waals surface area contributed by atoms with Crippen LogP contribution in [0.1, 0.15) is 31.7 Å². The van der Waals surface area contributed by atoms with Gasteiger partial charge in [-0.2, -0.15) is 0 Å². The molecular weight excluding hydrogens is 245 g/mol. The predicted molar refractivity (Wildman–Crippen MR) is 72.9 cm³/mol. The quantitative estimate of drug-likeness (QED) is 0.859. The van der Waals surface area contributed by atoms with E-state index in [4.69, 9.17) is 9.47 Å². The summed E-state index contributed by atoms with van der Waals surface area (Å²) in [6.07, 6.45) is 3.14. The lowest BCUT2D eigenvalue weighted by Gasteiger charge is -2.28. The van der Waals surface area contributed by atoms with Crippen molar-refractivity contribution in [1.82, 2.24) is 5.32 Å². The molecule has 0 amide bonds. The maximum Gasteiger partial charge on any atom is 0.127 e. The number of halogens is 1. The second-order valence-corrected chi connectivity index (χ2v) is 5.14. The molecule has 3 nitrogen and oxygen atoms in total. The molecule has 1 aromatic carbocycles. The highest BCUT2D eigenvalue weighted by Crippen LogP contribution is 2.25. The van der Waals surface area contributed by atoms with Gasteiger partial charge in [0.05, 0.1) is 13.7 Å². The third kappa shape index (κ3) is 3.45. The third-order valence-corrected chi connectivity index (χ3v) is 3.74. The van der Waals surface area contributed by atoms with Crippen LogP contribution < -0.4 is 10.1 Å². The SMILES string of the molecule is CCCC1(NCc2cc(OC)ccc2F)CCOC1. The minimum atomic E-state index is -0.195. The highest BCUT2D eigenvalue weighted by Gasteiger charge is 2.33. The third-order valence-electron chi connectivity index (χ3n) is 3.74. The monoisotopic (exact) mass is 267 g/mol. The van der Waals surface area contributed by atoms with Crippen LogP contribution in [0.15, 0.2) is 18.2 Å². The number of hydrogen-bond acceptors (Lipinski definition) is 3. The number of methoxy groups -OCH3 is 1. The molecule has 0 spiro atoms. The summed E-state index contributed by atoms with van der Waals surface area (Å²) in [5.74, 6) is 0.490. The van der Waals surface area contributed by atoms with Gasteiger partial charge in [0.25, 0.3) is 0 Å². The van der Waals surface area contributed by atoms with Gasteiger partial charge in [0, 0.05) is 24.3 Å². The Morgan fingerprint density at radius 1 is 1.47 bits per heavy atom. The minimum absolute atomic E-state index is 0.00423. The minimum Gasteiger partial charge on any atom is -0.497 e. The van der Waals surface area contributed by atoms with Crippen LogP contribution in [0.4, 0.5) is 4.39 Å². The van der Waals surface area contributed by atoms with E-state index in [1.54, 1.807) is 19.2 Å². The first-order chi connectivity index (χ1) is 9.19. The largest absolute Gasteiger partial charge is 0.497 e. The average Bonchev–Trinajstić information content (AvgIpc) is 2.87. The van der Waals surface area contributed by atoms with E-state index in [-0.39, 0.29) is 11.4 Å². The number of nitrogens with one attached hydrogen (secondary N) is 1. The molecule has 1 saturated heterocycles. The Kier molecular flexibility index (Phi) is 4.77. The topological polar surface area (TPSA) is 30.5 Å². The van der Waals surface area contributed by atoms with Gasteiger partial charge in [-0.25, -0.2) is 4.39 Å². The fourth-order valence-corrected chi connectivity index (χ4v) is 2.61. The Bertz CT molecular complexity index is 417. The summed E-state index contributed by atoms with van der Waals surface area (Å²) in [4.78, 5) is 0. The van der Waals surface area contributed by atoms with E-state index in [1.807, 2.05) is 0 Å². The van der Waals surface area contributed by atoms with Crippen molar-refractivity contribution in [1.29, 1.82) is 0 Å². The van der Waals surface area contributed by atoms with Gasteiger partial charge in [0.1, 0.15) is 11.6 Å². The first kappa shape index (κ1) is 14.3. The molecule has 19 heavy (non-hydrogen) atoms. The summed E-state index contributed by atoms with van der Waals surface area (Å²) in [6, 6.07) is 4.84. The van der Waals surface area contributed by atoms with Crippen molar-refractivity contribution in [2.24, 2.45) is 0 Å². The fraction of sp³-hybridized carbons (Fsp3) is 0.600. The zero-order valence-corrected chi connectivity index (χ0v) is 11.7. The standard InChI is InChI=1S/C15H22FNO2/c1-3-6-15(7-8-19-11-15)17-10-12-9-13(18-2)4-5-14(12)16/h4-5,9,17H,3,6-8,10-11H2,1-2H3. The number of hydrogen-bond donors (Lipinski definition) is 1. The van der Waals surface area contributed by atoms with E-state index in [0.29, 0.717) is 24.5 Å². The summed E-state index contributed by atoms with van der Waals surface area (Å²) in [7, 11) is 1.59. The summed E-state index contributed by atoms with van der Waals surface area (Å²) in [6.45, 7) is 4.17. The molecule has 1 aliphatic rings. The van der Waals surface area contributed by atoms with E-state index < -0.39 is 0 Å². The molecule has 0 saturated carbocycles. The van der Waals surface area contributed by atoms with E-state index in [0.717, 1.165) is 25.9 Å². The fourth-order valence-electron chi connectivity index (χ4n) is 2.61. The molecule has 2 rings (SSSR count). The van der Waals surface area contributed by atoms with Gasteiger partial charge in [-0.3, -0.25) is 0 Å². The predicted octanol–water partition coefficient (Wildman–Crippen LogP) is 2.88. The number of benzene rings is 1. The van der Waals surface area contributed by atoms with Crippen LogP contribution in [0.25, 0.3) is 0 Å². The Morgan fingerprint density at radius 3 is 2.95 bits per heavy atom. The maximum atomic E-state index is 13.8. The Morgan fingerprint density at radius 2 is 2.32 bits per heavy atom. The van der Waals surface area contributed by atoms with Gasteiger partial charge in [-0.15, -0.1) is 0 Å². The van der Waals surface area contributed by atoms with Crippen LogP contribution in [-0.4, -0.2) is 25.9 Å². The summed E-state index contributed by atoms with van der Waals surface area (Å²) in [5, 5.41) is 3.48. The molecule has 1 aromatic rings. The summed E-state index contributed by atoms with van der Waals surface area (Å²) < 4.78 is 24.4. The molecule has 0 aliphatic carbocycles. The molecule has 0 radical (unpaired) electrons. The Balaban J connectivity index is 2.04. The molecule has 106 valence electrons. The summed E-state index contributed by atoms with van der Waals surface area (Å²) in [5.41, 5.74) is 0.645. The van der Waals surface area contributed by atoms with Gasteiger partial charge in [-0.05, 0) is 31.0 Å². The molecule has 4 heteroatoms. The summed E-state index contributed by atoms with van der Waals surface area (Å²) >= 11 is 0. The van der Waals surface area contributed by atoms with Crippen molar-refractivity contribution in [2.45, 2.75) is 38.3 Å². The van der Waals surface area contributed by atoms with Crippen molar-refractivity contribution in [3.05, 3.63) is 29.6 Å². The molecule has 1 heterocycles. The van der Waals surface area contributed by atoms with Crippen molar-refractivity contribution < 1.29 is 13.9 Å². The Hall–Kier alpha value is -1.13. The van der Waals surface area contributed by atoms with E-state index in [2.05, 4.69) is 12.2 Å². The molecule has 1 fully saturated rings. The average molecular weight is 267 g/mol. The van der Waals surface area contributed by atoms with Crippen LogP contribution >= 0.6 is 0 Å². The van der Waals surface area contributed by atoms with Crippen molar-refractivity contribution in [3.8, 4) is 5.75 Å².